The van der Waals surface area contributed by atoms with Gasteiger partial charge in [0.1, 0.15) is 18.1 Å². The number of rotatable bonds is 7. The van der Waals surface area contributed by atoms with Gasteiger partial charge in [0.15, 0.2) is 6.29 Å². The van der Waals surface area contributed by atoms with Crippen molar-refractivity contribution in [1.29, 1.82) is 0 Å². The van der Waals surface area contributed by atoms with Crippen molar-refractivity contribution in [3.63, 3.8) is 0 Å². The van der Waals surface area contributed by atoms with E-state index in [2.05, 4.69) is 20.8 Å². The fourth-order valence-corrected chi connectivity index (χ4v) is 3.25. The highest BCUT2D eigenvalue weighted by Gasteiger charge is 2.34. The molecule has 27 heavy (non-hydrogen) atoms. The molecule has 0 saturated carbocycles. The fraction of sp³-hybridized carbons (Fsp3) is 0.682. The molecule has 2 rings (SSSR count). The summed E-state index contributed by atoms with van der Waals surface area (Å²) in [6.45, 7) is 13.8. The number of phenolic OH excluding ortho intramolecular Hbond substituents is 1. The smallest absolute Gasteiger partial charge is 0.164 e. The van der Waals surface area contributed by atoms with Crippen LogP contribution in [0.2, 0.25) is 0 Å². The molecule has 0 spiro atoms. The standard InChI is InChI=1S/C22H34O5/c1-15-10-16(12-18(19(15)24)21(2,3)4)11-17(13-23)27-14-22(5,6)20-25-8-7-9-26-20/h10,12-13,17,20,24H,7-9,11,14H2,1-6H3. The molecular weight excluding hydrogens is 344 g/mol. The SMILES string of the molecule is Cc1cc(CC(C=O)OCC(C)(C)C2OCCCO2)cc(C(C)(C)C)c1O. The maximum absolute atomic E-state index is 11.6. The van der Waals surface area contributed by atoms with Crippen LogP contribution in [0, 0.1) is 12.3 Å². The summed E-state index contributed by atoms with van der Waals surface area (Å²) < 4.78 is 17.3. The Bertz CT molecular complexity index is 639. The van der Waals surface area contributed by atoms with Gasteiger partial charge < -0.3 is 24.1 Å². The van der Waals surface area contributed by atoms with Crippen molar-refractivity contribution in [2.75, 3.05) is 19.8 Å². The van der Waals surface area contributed by atoms with Crippen LogP contribution in [0.25, 0.3) is 0 Å². The highest BCUT2D eigenvalue weighted by Crippen LogP contribution is 2.34. The van der Waals surface area contributed by atoms with E-state index in [1.807, 2.05) is 32.9 Å². The molecule has 0 radical (unpaired) electrons. The molecule has 1 aliphatic heterocycles. The Morgan fingerprint density at radius 2 is 1.85 bits per heavy atom. The molecule has 1 N–H and O–H groups in total. The molecule has 5 heteroatoms. The molecule has 1 heterocycles. The van der Waals surface area contributed by atoms with Gasteiger partial charge in [0.25, 0.3) is 0 Å². The molecule has 0 bridgehead atoms. The van der Waals surface area contributed by atoms with Gasteiger partial charge in [0, 0.05) is 11.8 Å². The van der Waals surface area contributed by atoms with Crippen molar-refractivity contribution >= 4 is 6.29 Å². The van der Waals surface area contributed by atoms with Crippen LogP contribution >= 0.6 is 0 Å². The largest absolute Gasteiger partial charge is 0.507 e. The molecule has 1 aliphatic rings. The number of carbonyl (C=O) groups excluding carboxylic acids is 1. The second-order valence-electron chi connectivity index (χ2n) is 9.16. The molecule has 1 unspecified atom stereocenters. The number of benzene rings is 1. The Balaban J connectivity index is 2.06. The summed E-state index contributed by atoms with van der Waals surface area (Å²) in [6, 6.07) is 3.89. The molecule has 1 fully saturated rings. The number of carbonyl (C=O) groups is 1. The van der Waals surface area contributed by atoms with Crippen LogP contribution in [-0.2, 0) is 30.8 Å². The van der Waals surface area contributed by atoms with Crippen LogP contribution in [0.3, 0.4) is 0 Å². The molecule has 1 saturated heterocycles. The van der Waals surface area contributed by atoms with E-state index in [1.54, 1.807) is 0 Å². The summed E-state index contributed by atoms with van der Waals surface area (Å²) in [7, 11) is 0. The van der Waals surface area contributed by atoms with Gasteiger partial charge in [0.05, 0.1) is 19.8 Å². The number of hydrogen-bond donors (Lipinski definition) is 1. The summed E-state index contributed by atoms with van der Waals surface area (Å²) >= 11 is 0. The first-order chi connectivity index (χ1) is 12.5. The number of ether oxygens (including phenoxy) is 3. The predicted molar refractivity (Wildman–Crippen MR) is 105 cm³/mol. The van der Waals surface area contributed by atoms with Crippen molar-refractivity contribution in [2.45, 2.75) is 72.2 Å². The Morgan fingerprint density at radius 3 is 2.41 bits per heavy atom. The maximum atomic E-state index is 11.6. The zero-order valence-electron chi connectivity index (χ0n) is 17.5. The van der Waals surface area contributed by atoms with Gasteiger partial charge in [-0.15, -0.1) is 0 Å². The van der Waals surface area contributed by atoms with E-state index >= 15 is 0 Å². The van der Waals surface area contributed by atoms with Gasteiger partial charge in [-0.05, 0) is 35.4 Å². The van der Waals surface area contributed by atoms with Crippen molar-refractivity contribution in [2.24, 2.45) is 5.41 Å². The van der Waals surface area contributed by atoms with Crippen LogP contribution in [0.5, 0.6) is 5.75 Å². The summed E-state index contributed by atoms with van der Waals surface area (Å²) in [6.07, 6.45) is 1.35. The first kappa shape index (κ1) is 21.9. The van der Waals surface area contributed by atoms with Gasteiger partial charge in [0.2, 0.25) is 0 Å². The minimum atomic E-state index is -0.551. The fourth-order valence-electron chi connectivity index (χ4n) is 3.25. The van der Waals surface area contributed by atoms with Crippen molar-refractivity contribution in [3.8, 4) is 5.75 Å². The van der Waals surface area contributed by atoms with E-state index in [0.29, 0.717) is 32.0 Å². The minimum Gasteiger partial charge on any atom is -0.507 e. The van der Waals surface area contributed by atoms with Crippen LogP contribution in [0.4, 0.5) is 0 Å². The second kappa shape index (κ2) is 8.72. The molecule has 0 aliphatic carbocycles. The third-order valence-corrected chi connectivity index (χ3v) is 4.89. The van der Waals surface area contributed by atoms with Crippen molar-refractivity contribution < 1.29 is 24.1 Å². The lowest BCUT2D eigenvalue weighted by molar-refractivity contribution is -0.240. The predicted octanol–water partition coefficient (Wildman–Crippen LogP) is 3.91. The topological polar surface area (TPSA) is 65.0 Å². The second-order valence-corrected chi connectivity index (χ2v) is 9.16. The Morgan fingerprint density at radius 1 is 1.22 bits per heavy atom. The first-order valence-electron chi connectivity index (χ1n) is 9.67. The number of aromatic hydroxyl groups is 1. The van der Waals surface area contributed by atoms with Crippen molar-refractivity contribution in [1.82, 2.24) is 0 Å². The van der Waals surface area contributed by atoms with E-state index in [4.69, 9.17) is 14.2 Å². The third-order valence-electron chi connectivity index (χ3n) is 4.89. The van der Waals surface area contributed by atoms with E-state index in [9.17, 15) is 9.90 Å². The van der Waals surface area contributed by atoms with Crippen LogP contribution in [0.1, 0.15) is 57.7 Å². The normalized spacial score (nSPS) is 17.7. The van der Waals surface area contributed by atoms with Crippen LogP contribution < -0.4 is 0 Å². The molecule has 0 amide bonds. The van der Waals surface area contributed by atoms with Crippen molar-refractivity contribution in [3.05, 3.63) is 28.8 Å². The quantitative estimate of drug-likeness (QED) is 0.729. The number of phenols is 1. The van der Waals surface area contributed by atoms with Gasteiger partial charge in [-0.3, -0.25) is 0 Å². The lowest BCUT2D eigenvalue weighted by atomic mass is 9.83. The third kappa shape index (κ3) is 5.77. The molecule has 152 valence electrons. The summed E-state index contributed by atoms with van der Waals surface area (Å²) in [5, 5.41) is 10.4. The summed E-state index contributed by atoms with van der Waals surface area (Å²) in [5.41, 5.74) is 2.15. The zero-order chi connectivity index (χ0) is 20.2. The molecular formula is C22H34O5. The molecule has 1 atom stereocenters. The van der Waals surface area contributed by atoms with E-state index in [-0.39, 0.29) is 17.1 Å². The van der Waals surface area contributed by atoms with Gasteiger partial charge in [-0.25, -0.2) is 0 Å². The van der Waals surface area contributed by atoms with Gasteiger partial charge in [-0.1, -0.05) is 46.8 Å². The lowest BCUT2D eigenvalue weighted by Gasteiger charge is -2.36. The monoisotopic (exact) mass is 378 g/mol. The van der Waals surface area contributed by atoms with E-state index in [1.165, 1.54) is 0 Å². The average Bonchev–Trinajstić information content (AvgIpc) is 2.61. The highest BCUT2D eigenvalue weighted by molar-refractivity contribution is 5.57. The van der Waals surface area contributed by atoms with E-state index < -0.39 is 6.10 Å². The maximum Gasteiger partial charge on any atom is 0.164 e. The molecule has 1 aromatic rings. The Kier molecular flexibility index (Phi) is 7.06. The first-order valence-corrected chi connectivity index (χ1v) is 9.67. The van der Waals surface area contributed by atoms with E-state index in [0.717, 1.165) is 29.4 Å². The average molecular weight is 379 g/mol. The zero-order valence-corrected chi connectivity index (χ0v) is 17.5. The minimum absolute atomic E-state index is 0.181. The van der Waals surface area contributed by atoms with Gasteiger partial charge in [-0.2, -0.15) is 0 Å². The summed E-state index contributed by atoms with van der Waals surface area (Å²) in [4.78, 5) is 11.6. The number of aryl methyl sites for hydroxylation is 1. The lowest BCUT2D eigenvalue weighted by Crippen LogP contribution is -2.42. The number of hydrogen-bond acceptors (Lipinski definition) is 5. The Labute approximate surface area is 163 Å². The number of aldehydes is 1. The van der Waals surface area contributed by atoms with Crippen LogP contribution in [-0.4, -0.2) is 43.6 Å². The summed E-state index contributed by atoms with van der Waals surface area (Å²) in [5.74, 6) is 0.322. The molecule has 5 nitrogen and oxygen atoms in total. The van der Waals surface area contributed by atoms with Gasteiger partial charge >= 0.3 is 0 Å². The molecule has 1 aromatic carbocycles. The highest BCUT2D eigenvalue weighted by atomic mass is 16.7. The molecule has 0 aromatic heterocycles. The Hall–Kier alpha value is -1.43. The van der Waals surface area contributed by atoms with Crippen LogP contribution in [0.15, 0.2) is 12.1 Å².